The van der Waals surface area contributed by atoms with Crippen LogP contribution in [0.25, 0.3) is 17.0 Å². The number of furan rings is 1. The molecule has 0 fully saturated rings. The van der Waals surface area contributed by atoms with Crippen LogP contribution >= 0.6 is 0 Å². The van der Waals surface area contributed by atoms with Crippen LogP contribution in [0.2, 0.25) is 0 Å². The SMILES string of the molecule is CCc1oc2ccccc2c1/C=C/C(=O)Nc1cc(NC(C)=O)ccc1OC. The fraction of sp³-hybridized carbons (Fsp3) is 0.182. The second-order valence-corrected chi connectivity index (χ2v) is 6.21. The highest BCUT2D eigenvalue weighted by molar-refractivity contribution is 6.04. The Kier molecular flexibility index (Phi) is 5.79. The molecule has 28 heavy (non-hydrogen) atoms. The average molecular weight is 378 g/mol. The number of hydrogen-bond acceptors (Lipinski definition) is 4. The molecule has 0 aliphatic heterocycles. The van der Waals surface area contributed by atoms with Crippen molar-refractivity contribution in [2.45, 2.75) is 20.3 Å². The molecular weight excluding hydrogens is 356 g/mol. The predicted octanol–water partition coefficient (Wildman–Crippen LogP) is 4.61. The van der Waals surface area contributed by atoms with Crippen LogP contribution in [0.3, 0.4) is 0 Å². The number of rotatable bonds is 6. The van der Waals surface area contributed by atoms with Crippen LogP contribution in [0.15, 0.2) is 53.0 Å². The van der Waals surface area contributed by atoms with E-state index in [1.807, 2.05) is 31.2 Å². The summed E-state index contributed by atoms with van der Waals surface area (Å²) in [5.74, 6) is 0.821. The van der Waals surface area contributed by atoms with Crippen molar-refractivity contribution in [2.24, 2.45) is 0 Å². The second kappa shape index (κ2) is 8.43. The van der Waals surface area contributed by atoms with Gasteiger partial charge in [0.1, 0.15) is 17.1 Å². The molecule has 0 radical (unpaired) electrons. The molecule has 0 bridgehead atoms. The highest BCUT2D eigenvalue weighted by Gasteiger charge is 2.11. The molecule has 6 nitrogen and oxygen atoms in total. The molecule has 1 heterocycles. The van der Waals surface area contributed by atoms with Crippen molar-refractivity contribution >= 4 is 40.2 Å². The van der Waals surface area contributed by atoms with Gasteiger partial charge in [0.05, 0.1) is 12.8 Å². The maximum absolute atomic E-state index is 12.5. The minimum atomic E-state index is -0.314. The van der Waals surface area contributed by atoms with Gasteiger partial charge in [0.25, 0.3) is 0 Å². The number of ether oxygens (including phenoxy) is 1. The number of carbonyl (C=O) groups excluding carboxylic acids is 2. The summed E-state index contributed by atoms with van der Waals surface area (Å²) in [4.78, 5) is 23.7. The Hall–Kier alpha value is -3.54. The predicted molar refractivity (Wildman–Crippen MR) is 111 cm³/mol. The molecule has 0 saturated carbocycles. The number of hydrogen-bond donors (Lipinski definition) is 2. The van der Waals surface area contributed by atoms with E-state index in [-0.39, 0.29) is 11.8 Å². The highest BCUT2D eigenvalue weighted by atomic mass is 16.5. The van der Waals surface area contributed by atoms with Crippen molar-refractivity contribution in [3.63, 3.8) is 0 Å². The van der Waals surface area contributed by atoms with Gasteiger partial charge in [-0.3, -0.25) is 9.59 Å². The number of anilines is 2. The largest absolute Gasteiger partial charge is 0.495 e. The van der Waals surface area contributed by atoms with Crippen molar-refractivity contribution in [3.8, 4) is 5.75 Å². The number of aryl methyl sites for hydroxylation is 1. The van der Waals surface area contributed by atoms with Crippen LogP contribution in [0, 0.1) is 0 Å². The zero-order valence-electron chi connectivity index (χ0n) is 16.0. The number of carbonyl (C=O) groups is 2. The van der Waals surface area contributed by atoms with Gasteiger partial charge in [-0.25, -0.2) is 0 Å². The van der Waals surface area contributed by atoms with Gasteiger partial charge in [-0.15, -0.1) is 0 Å². The van der Waals surface area contributed by atoms with E-state index in [1.165, 1.54) is 20.1 Å². The maximum atomic E-state index is 12.5. The lowest BCUT2D eigenvalue weighted by Gasteiger charge is -2.11. The van der Waals surface area contributed by atoms with Gasteiger partial charge in [-0.1, -0.05) is 25.1 Å². The van der Waals surface area contributed by atoms with Gasteiger partial charge in [0, 0.05) is 36.1 Å². The van der Waals surface area contributed by atoms with Gasteiger partial charge in [-0.05, 0) is 30.3 Å². The van der Waals surface area contributed by atoms with E-state index in [1.54, 1.807) is 24.3 Å². The lowest BCUT2D eigenvalue weighted by Crippen LogP contribution is -2.10. The van der Waals surface area contributed by atoms with Crippen molar-refractivity contribution in [3.05, 3.63) is 59.9 Å². The molecule has 0 saturated heterocycles. The molecule has 6 heteroatoms. The first-order valence-corrected chi connectivity index (χ1v) is 8.97. The monoisotopic (exact) mass is 378 g/mol. The average Bonchev–Trinajstić information content (AvgIpc) is 3.04. The van der Waals surface area contributed by atoms with Crippen molar-refractivity contribution < 1.29 is 18.7 Å². The third-order valence-electron chi connectivity index (χ3n) is 4.21. The van der Waals surface area contributed by atoms with Crippen molar-refractivity contribution in [1.82, 2.24) is 0 Å². The molecule has 0 unspecified atom stereocenters. The van der Waals surface area contributed by atoms with Crippen molar-refractivity contribution in [2.75, 3.05) is 17.7 Å². The quantitative estimate of drug-likeness (QED) is 0.614. The minimum absolute atomic E-state index is 0.193. The molecule has 2 N–H and O–H groups in total. The summed E-state index contributed by atoms with van der Waals surface area (Å²) in [7, 11) is 1.52. The fourth-order valence-electron chi connectivity index (χ4n) is 2.98. The Morgan fingerprint density at radius 3 is 2.64 bits per heavy atom. The lowest BCUT2D eigenvalue weighted by molar-refractivity contribution is -0.114. The molecule has 144 valence electrons. The molecule has 2 aromatic carbocycles. The second-order valence-electron chi connectivity index (χ2n) is 6.21. The third-order valence-corrected chi connectivity index (χ3v) is 4.21. The third kappa shape index (κ3) is 4.23. The van der Waals surface area contributed by atoms with E-state index in [4.69, 9.17) is 9.15 Å². The number of para-hydroxylation sites is 1. The molecule has 0 atom stereocenters. The molecule has 2 amide bonds. The topological polar surface area (TPSA) is 80.6 Å². The van der Waals surface area contributed by atoms with E-state index in [2.05, 4.69) is 10.6 Å². The Bertz CT molecular complexity index is 1050. The summed E-state index contributed by atoms with van der Waals surface area (Å²) in [5, 5.41) is 6.44. The fourth-order valence-corrected chi connectivity index (χ4v) is 2.98. The summed E-state index contributed by atoms with van der Waals surface area (Å²) in [6.07, 6.45) is 3.94. The zero-order chi connectivity index (χ0) is 20.1. The van der Waals surface area contributed by atoms with Crippen LogP contribution in [0.4, 0.5) is 11.4 Å². The minimum Gasteiger partial charge on any atom is -0.495 e. The number of amides is 2. The lowest BCUT2D eigenvalue weighted by atomic mass is 10.1. The Labute approximate surface area is 163 Å². The maximum Gasteiger partial charge on any atom is 0.248 e. The van der Waals surface area contributed by atoms with Crippen LogP contribution in [-0.2, 0) is 16.0 Å². The first kappa shape index (κ1) is 19.2. The van der Waals surface area contributed by atoms with Gasteiger partial charge in [0.15, 0.2) is 0 Å². The number of benzene rings is 2. The molecule has 0 aliphatic rings. The van der Waals surface area contributed by atoms with E-state index in [9.17, 15) is 9.59 Å². The van der Waals surface area contributed by atoms with Crippen molar-refractivity contribution in [1.29, 1.82) is 0 Å². The molecule has 3 rings (SSSR count). The first-order chi connectivity index (χ1) is 13.5. The smallest absolute Gasteiger partial charge is 0.248 e. The molecular formula is C22H22N2O4. The summed E-state index contributed by atoms with van der Waals surface area (Å²) in [6.45, 7) is 3.43. The highest BCUT2D eigenvalue weighted by Crippen LogP contribution is 2.29. The summed E-state index contributed by atoms with van der Waals surface area (Å²) >= 11 is 0. The Morgan fingerprint density at radius 1 is 1.14 bits per heavy atom. The van der Waals surface area contributed by atoms with Gasteiger partial charge in [-0.2, -0.15) is 0 Å². The van der Waals surface area contributed by atoms with Crippen LogP contribution < -0.4 is 15.4 Å². The van der Waals surface area contributed by atoms with Crippen LogP contribution in [0.1, 0.15) is 25.2 Å². The van der Waals surface area contributed by atoms with Crippen LogP contribution in [-0.4, -0.2) is 18.9 Å². The number of methoxy groups -OCH3 is 1. The number of fused-ring (bicyclic) bond motifs is 1. The standard InChI is InChI=1S/C22H22N2O4/c1-4-19-17(16-7-5-6-8-20(16)28-19)10-12-22(26)24-18-13-15(23-14(2)25)9-11-21(18)27-3/h5-13H,4H2,1-3H3,(H,23,25)(H,24,26)/b12-10+. The molecule has 0 spiro atoms. The van der Waals surface area contributed by atoms with E-state index < -0.39 is 0 Å². The normalized spacial score (nSPS) is 11.0. The van der Waals surface area contributed by atoms with Gasteiger partial charge < -0.3 is 19.8 Å². The van der Waals surface area contributed by atoms with Gasteiger partial charge in [0.2, 0.25) is 11.8 Å². The van der Waals surface area contributed by atoms with E-state index in [0.717, 1.165) is 28.7 Å². The summed E-state index contributed by atoms with van der Waals surface area (Å²) in [5.41, 5.74) is 2.73. The zero-order valence-corrected chi connectivity index (χ0v) is 16.0. The summed E-state index contributed by atoms with van der Waals surface area (Å²) in [6, 6.07) is 12.8. The van der Waals surface area contributed by atoms with E-state index >= 15 is 0 Å². The molecule has 3 aromatic rings. The summed E-state index contributed by atoms with van der Waals surface area (Å²) < 4.78 is 11.1. The number of nitrogens with one attached hydrogen (secondary N) is 2. The van der Waals surface area contributed by atoms with Gasteiger partial charge >= 0.3 is 0 Å². The Balaban J connectivity index is 1.84. The first-order valence-electron chi connectivity index (χ1n) is 8.97. The molecule has 0 aliphatic carbocycles. The van der Waals surface area contributed by atoms with E-state index in [0.29, 0.717) is 17.1 Å². The Morgan fingerprint density at radius 2 is 1.93 bits per heavy atom. The molecule has 1 aromatic heterocycles. The van der Waals surface area contributed by atoms with Crippen LogP contribution in [0.5, 0.6) is 5.75 Å².